The Hall–Kier alpha value is -3.42. The number of rotatable bonds is 7. The Labute approximate surface area is 218 Å². The summed E-state index contributed by atoms with van der Waals surface area (Å²) < 4.78 is 19.8. The van der Waals surface area contributed by atoms with E-state index >= 15 is 0 Å². The van der Waals surface area contributed by atoms with Crippen molar-refractivity contribution in [3.05, 3.63) is 65.5 Å². The van der Waals surface area contributed by atoms with Gasteiger partial charge in [-0.25, -0.2) is 9.18 Å². The van der Waals surface area contributed by atoms with Crippen LogP contribution < -0.4 is 10.2 Å². The Bertz CT molecular complexity index is 1150. The molecule has 0 saturated carbocycles. The lowest BCUT2D eigenvalue weighted by Gasteiger charge is -2.35. The van der Waals surface area contributed by atoms with Crippen molar-refractivity contribution in [2.24, 2.45) is 0 Å². The van der Waals surface area contributed by atoms with Gasteiger partial charge in [0.25, 0.3) is 0 Å². The molecule has 1 N–H and O–H groups in total. The van der Waals surface area contributed by atoms with E-state index < -0.39 is 17.7 Å². The second-order valence-corrected chi connectivity index (χ2v) is 10.9. The number of carbonyl (C=O) groups is 3. The van der Waals surface area contributed by atoms with E-state index in [0.29, 0.717) is 25.1 Å². The van der Waals surface area contributed by atoms with Crippen LogP contribution in [0.25, 0.3) is 0 Å². The lowest BCUT2D eigenvalue weighted by atomic mass is 10.00. The summed E-state index contributed by atoms with van der Waals surface area (Å²) in [6.45, 7) is 6.32. The number of fused-ring (bicyclic) bond motifs is 1. The molecule has 198 valence electrons. The van der Waals surface area contributed by atoms with Crippen LogP contribution in [0.2, 0.25) is 0 Å². The average molecular weight is 510 g/mol. The summed E-state index contributed by atoms with van der Waals surface area (Å²) in [4.78, 5) is 42.5. The fraction of sp³-hybridized carbons (Fsp3) is 0.483. The number of benzene rings is 2. The van der Waals surface area contributed by atoms with Gasteiger partial charge < -0.3 is 19.9 Å². The number of likely N-dealkylation sites (tertiary alicyclic amines) is 1. The minimum atomic E-state index is -0.700. The molecule has 1 fully saturated rings. The predicted molar refractivity (Wildman–Crippen MR) is 140 cm³/mol. The molecule has 37 heavy (non-hydrogen) atoms. The molecular weight excluding hydrogens is 473 g/mol. The Balaban J connectivity index is 1.47. The van der Waals surface area contributed by atoms with Crippen molar-refractivity contribution in [3.63, 3.8) is 0 Å². The van der Waals surface area contributed by atoms with Gasteiger partial charge in [-0.3, -0.25) is 9.59 Å². The molecule has 0 unspecified atom stereocenters. The number of nitrogens with zero attached hydrogens (tertiary/aromatic N) is 2. The van der Waals surface area contributed by atoms with Crippen molar-refractivity contribution in [1.82, 2.24) is 10.2 Å². The van der Waals surface area contributed by atoms with Crippen LogP contribution in [0.1, 0.15) is 57.6 Å². The molecule has 2 aromatic carbocycles. The second kappa shape index (κ2) is 11.3. The van der Waals surface area contributed by atoms with Gasteiger partial charge in [-0.2, -0.15) is 0 Å². The van der Waals surface area contributed by atoms with Gasteiger partial charge in [-0.15, -0.1) is 0 Å². The number of nitrogens with one attached hydrogen (secondary N) is 1. The number of hydrogen-bond acceptors (Lipinski definition) is 4. The van der Waals surface area contributed by atoms with Gasteiger partial charge in [0.2, 0.25) is 11.8 Å². The summed E-state index contributed by atoms with van der Waals surface area (Å²) in [7, 11) is 0. The summed E-state index contributed by atoms with van der Waals surface area (Å²) in [5.74, 6) is -0.438. The number of para-hydroxylation sites is 1. The van der Waals surface area contributed by atoms with Crippen molar-refractivity contribution in [3.8, 4) is 0 Å². The van der Waals surface area contributed by atoms with Crippen LogP contribution >= 0.6 is 0 Å². The van der Waals surface area contributed by atoms with Crippen LogP contribution in [-0.2, 0) is 27.2 Å². The molecule has 2 atom stereocenters. The third-order valence-electron chi connectivity index (χ3n) is 6.85. The van der Waals surface area contributed by atoms with E-state index in [4.69, 9.17) is 4.74 Å². The van der Waals surface area contributed by atoms with E-state index in [9.17, 15) is 18.8 Å². The van der Waals surface area contributed by atoms with Crippen molar-refractivity contribution in [1.29, 1.82) is 0 Å². The summed E-state index contributed by atoms with van der Waals surface area (Å²) in [6, 6.07) is 13.5. The van der Waals surface area contributed by atoms with E-state index in [0.717, 1.165) is 30.5 Å². The van der Waals surface area contributed by atoms with Crippen LogP contribution in [0.4, 0.5) is 14.9 Å². The third-order valence-corrected chi connectivity index (χ3v) is 6.85. The summed E-state index contributed by atoms with van der Waals surface area (Å²) in [6.07, 6.45) is 2.36. The number of amides is 3. The molecule has 1 saturated heterocycles. The van der Waals surface area contributed by atoms with Gasteiger partial charge in [0, 0.05) is 43.7 Å². The SMILES string of the molecule is CC(C)(C)OC(=O)N[C@@H](CC(=O)N1CCC[C@H]1CN1C(=O)CCc2ccccc21)Cc1ccccc1F. The van der Waals surface area contributed by atoms with Gasteiger partial charge in [-0.1, -0.05) is 36.4 Å². The van der Waals surface area contributed by atoms with E-state index in [1.54, 1.807) is 39.0 Å². The maximum Gasteiger partial charge on any atom is 0.407 e. The lowest BCUT2D eigenvalue weighted by molar-refractivity contribution is -0.132. The first-order chi connectivity index (χ1) is 17.6. The van der Waals surface area contributed by atoms with Crippen molar-refractivity contribution < 1.29 is 23.5 Å². The highest BCUT2D eigenvalue weighted by Gasteiger charge is 2.35. The highest BCUT2D eigenvalue weighted by Crippen LogP contribution is 2.30. The average Bonchev–Trinajstić information content (AvgIpc) is 3.29. The van der Waals surface area contributed by atoms with Crippen LogP contribution in [0.5, 0.6) is 0 Å². The second-order valence-electron chi connectivity index (χ2n) is 10.9. The van der Waals surface area contributed by atoms with Crippen molar-refractivity contribution in [2.45, 2.75) is 77.0 Å². The molecule has 2 aromatic rings. The number of anilines is 1. The normalized spacial score (nSPS) is 18.4. The largest absolute Gasteiger partial charge is 0.444 e. The van der Waals surface area contributed by atoms with Gasteiger partial charge in [0.1, 0.15) is 11.4 Å². The molecule has 2 aliphatic rings. The zero-order valence-electron chi connectivity index (χ0n) is 21.8. The Morgan fingerprint density at radius 1 is 1.11 bits per heavy atom. The van der Waals surface area contributed by atoms with Crippen LogP contribution in [0, 0.1) is 5.82 Å². The third kappa shape index (κ3) is 6.87. The Kier molecular flexibility index (Phi) is 8.15. The zero-order valence-corrected chi connectivity index (χ0v) is 21.8. The smallest absolute Gasteiger partial charge is 0.407 e. The molecule has 2 aliphatic heterocycles. The Morgan fingerprint density at radius 3 is 2.59 bits per heavy atom. The molecule has 0 radical (unpaired) electrons. The fourth-order valence-corrected chi connectivity index (χ4v) is 5.17. The fourth-order valence-electron chi connectivity index (χ4n) is 5.17. The number of ether oxygens (including phenoxy) is 1. The molecule has 2 heterocycles. The first kappa shape index (κ1) is 26.6. The topological polar surface area (TPSA) is 79.0 Å². The molecule has 8 heteroatoms. The first-order valence-corrected chi connectivity index (χ1v) is 13.0. The Morgan fingerprint density at radius 2 is 1.84 bits per heavy atom. The molecule has 7 nitrogen and oxygen atoms in total. The minimum Gasteiger partial charge on any atom is -0.444 e. The predicted octanol–water partition coefficient (Wildman–Crippen LogP) is 4.62. The van der Waals surface area contributed by atoms with Crippen molar-refractivity contribution in [2.75, 3.05) is 18.0 Å². The summed E-state index contributed by atoms with van der Waals surface area (Å²) >= 11 is 0. The molecule has 0 bridgehead atoms. The monoisotopic (exact) mass is 509 g/mol. The highest BCUT2D eigenvalue weighted by atomic mass is 19.1. The molecule has 4 rings (SSSR count). The quantitative estimate of drug-likeness (QED) is 0.591. The number of hydrogen-bond donors (Lipinski definition) is 1. The molecule has 0 aromatic heterocycles. The lowest BCUT2D eigenvalue weighted by Crippen LogP contribution is -2.49. The van der Waals surface area contributed by atoms with E-state index in [2.05, 4.69) is 5.32 Å². The van der Waals surface area contributed by atoms with Crippen LogP contribution in [-0.4, -0.2) is 53.6 Å². The summed E-state index contributed by atoms with van der Waals surface area (Å²) in [5, 5.41) is 2.78. The van der Waals surface area contributed by atoms with E-state index in [1.807, 2.05) is 34.1 Å². The number of carbonyl (C=O) groups excluding carboxylic acids is 3. The minimum absolute atomic E-state index is 0.00854. The van der Waals surface area contributed by atoms with Crippen LogP contribution in [0.15, 0.2) is 48.5 Å². The molecule has 3 amide bonds. The molecule has 0 spiro atoms. The standard InChI is InChI=1S/C29H36FN3O4/c1-29(2,3)37-28(36)31-22(17-21-10-4-6-12-24(21)30)18-27(35)32-16-8-11-23(32)19-33-25-13-7-5-9-20(25)14-15-26(33)34/h4-7,9-10,12-13,22-23H,8,11,14-19H2,1-3H3,(H,31,36)/t22-,23+/m1/s1. The number of aryl methyl sites for hydroxylation is 1. The number of halogens is 1. The highest BCUT2D eigenvalue weighted by molar-refractivity contribution is 5.96. The maximum atomic E-state index is 14.4. The number of alkyl carbamates (subject to hydrolysis) is 1. The van der Waals surface area contributed by atoms with Gasteiger partial charge in [-0.05, 0) is 69.7 Å². The van der Waals surface area contributed by atoms with Crippen molar-refractivity contribution >= 4 is 23.6 Å². The first-order valence-electron chi connectivity index (χ1n) is 13.0. The van der Waals surface area contributed by atoms with Gasteiger partial charge in [0.05, 0.1) is 0 Å². The zero-order chi connectivity index (χ0) is 26.6. The van der Waals surface area contributed by atoms with Crippen LogP contribution in [0.3, 0.4) is 0 Å². The van der Waals surface area contributed by atoms with Gasteiger partial charge >= 0.3 is 6.09 Å². The summed E-state index contributed by atoms with van der Waals surface area (Å²) in [5.41, 5.74) is 1.78. The van der Waals surface area contributed by atoms with E-state index in [-0.39, 0.29) is 36.5 Å². The maximum absolute atomic E-state index is 14.4. The molecule has 0 aliphatic carbocycles. The van der Waals surface area contributed by atoms with Gasteiger partial charge in [0.15, 0.2) is 0 Å². The molecular formula is C29H36FN3O4. The van der Waals surface area contributed by atoms with E-state index in [1.165, 1.54) is 6.07 Å².